The summed E-state index contributed by atoms with van der Waals surface area (Å²) in [7, 11) is -3.70. The van der Waals surface area contributed by atoms with Gasteiger partial charge in [-0.1, -0.05) is 11.6 Å². The van der Waals surface area contributed by atoms with Crippen molar-refractivity contribution < 1.29 is 13.5 Å². The van der Waals surface area contributed by atoms with Crippen LogP contribution in [-0.4, -0.2) is 25.7 Å². The van der Waals surface area contributed by atoms with Gasteiger partial charge in [0.25, 0.3) is 0 Å². The Labute approximate surface area is 117 Å². The molecule has 5 nitrogen and oxygen atoms in total. The molecule has 0 spiro atoms. The topological polar surface area (TPSA) is 92.4 Å². The van der Waals surface area contributed by atoms with Crippen molar-refractivity contribution in [2.45, 2.75) is 36.6 Å². The summed E-state index contributed by atoms with van der Waals surface area (Å²) < 4.78 is 27.2. The Balaban J connectivity index is 2.35. The Morgan fingerprint density at radius 2 is 2.11 bits per heavy atom. The van der Waals surface area contributed by atoms with Gasteiger partial charge in [-0.15, -0.1) is 0 Å². The SMILES string of the molecule is Cc1cc(S(=O)(=O)NC2(CO)CCC2)cc(N)c1Cl. The lowest BCUT2D eigenvalue weighted by Gasteiger charge is -2.40. The third kappa shape index (κ3) is 2.72. The summed E-state index contributed by atoms with van der Waals surface area (Å²) in [6, 6.07) is 2.81. The molecule has 19 heavy (non-hydrogen) atoms. The summed E-state index contributed by atoms with van der Waals surface area (Å²) in [6.45, 7) is 1.50. The van der Waals surface area contributed by atoms with Gasteiger partial charge >= 0.3 is 0 Å². The number of hydrogen-bond acceptors (Lipinski definition) is 4. The van der Waals surface area contributed by atoms with E-state index < -0.39 is 15.6 Å². The third-order valence-corrected chi connectivity index (χ3v) is 5.61. The van der Waals surface area contributed by atoms with E-state index in [0.29, 0.717) is 23.4 Å². The number of aryl methyl sites for hydroxylation is 1. The van der Waals surface area contributed by atoms with Crippen LogP contribution in [-0.2, 0) is 10.0 Å². The Kier molecular flexibility index (Phi) is 3.79. The standard InChI is InChI=1S/C12H17ClN2O3S/c1-8-5-9(6-10(14)11(8)13)19(17,18)15-12(7-16)3-2-4-12/h5-6,15-16H,2-4,7,14H2,1H3. The van der Waals surface area contributed by atoms with Crippen molar-refractivity contribution in [3.63, 3.8) is 0 Å². The number of nitrogen functional groups attached to an aromatic ring is 1. The lowest BCUT2D eigenvalue weighted by molar-refractivity contribution is 0.110. The minimum absolute atomic E-state index is 0.0756. The highest BCUT2D eigenvalue weighted by molar-refractivity contribution is 7.89. The van der Waals surface area contributed by atoms with Gasteiger partial charge in [-0.25, -0.2) is 13.1 Å². The van der Waals surface area contributed by atoms with Gasteiger partial charge in [0, 0.05) is 0 Å². The normalized spacial score (nSPS) is 18.1. The number of rotatable bonds is 4. The summed E-state index contributed by atoms with van der Waals surface area (Å²) in [6.07, 6.45) is 2.19. The van der Waals surface area contributed by atoms with Crippen molar-refractivity contribution in [2.24, 2.45) is 0 Å². The Hall–Kier alpha value is -0.820. The van der Waals surface area contributed by atoms with Crippen LogP contribution in [0, 0.1) is 6.92 Å². The van der Waals surface area contributed by atoms with Crippen LogP contribution in [0.15, 0.2) is 17.0 Å². The molecule has 0 aliphatic heterocycles. The predicted molar refractivity (Wildman–Crippen MR) is 74.6 cm³/mol. The Morgan fingerprint density at radius 1 is 1.47 bits per heavy atom. The predicted octanol–water partition coefficient (Wildman–Crippen LogP) is 1.42. The first-order chi connectivity index (χ1) is 8.80. The molecule has 0 bridgehead atoms. The van der Waals surface area contributed by atoms with Gasteiger partial charge in [0.15, 0.2) is 0 Å². The second-order valence-corrected chi connectivity index (χ2v) is 7.10. The number of nitrogens with one attached hydrogen (secondary N) is 1. The number of hydrogen-bond donors (Lipinski definition) is 3. The van der Waals surface area contributed by atoms with Crippen molar-refractivity contribution in [1.82, 2.24) is 4.72 Å². The molecule has 4 N–H and O–H groups in total. The maximum atomic E-state index is 12.3. The molecule has 0 aromatic heterocycles. The van der Waals surface area contributed by atoms with Gasteiger partial charge in [-0.05, 0) is 43.9 Å². The fourth-order valence-corrected chi connectivity index (χ4v) is 3.84. The zero-order valence-corrected chi connectivity index (χ0v) is 12.2. The van der Waals surface area contributed by atoms with E-state index in [4.69, 9.17) is 17.3 Å². The average Bonchev–Trinajstić information content (AvgIpc) is 2.30. The number of nitrogens with two attached hydrogens (primary N) is 1. The van der Waals surface area contributed by atoms with E-state index in [2.05, 4.69) is 4.72 Å². The van der Waals surface area contributed by atoms with E-state index in [0.717, 1.165) is 6.42 Å². The number of aliphatic hydroxyl groups excluding tert-OH is 1. The fraction of sp³-hybridized carbons (Fsp3) is 0.500. The summed E-state index contributed by atoms with van der Waals surface area (Å²) in [5, 5.41) is 9.69. The summed E-state index contributed by atoms with van der Waals surface area (Å²) in [5.74, 6) is 0. The zero-order chi connectivity index (χ0) is 14.3. The molecule has 1 aliphatic carbocycles. The van der Waals surface area contributed by atoms with Gasteiger partial charge < -0.3 is 10.8 Å². The van der Waals surface area contributed by atoms with Crippen molar-refractivity contribution >= 4 is 27.3 Å². The van der Waals surface area contributed by atoms with Crippen LogP contribution in [0.2, 0.25) is 5.02 Å². The van der Waals surface area contributed by atoms with Crippen LogP contribution >= 0.6 is 11.6 Å². The van der Waals surface area contributed by atoms with Gasteiger partial charge in [-0.3, -0.25) is 0 Å². The van der Waals surface area contributed by atoms with Crippen molar-refractivity contribution in [2.75, 3.05) is 12.3 Å². The van der Waals surface area contributed by atoms with E-state index in [9.17, 15) is 13.5 Å². The van der Waals surface area contributed by atoms with Crippen molar-refractivity contribution in [1.29, 1.82) is 0 Å². The third-order valence-electron chi connectivity index (χ3n) is 3.53. The molecule has 0 amide bonds. The largest absolute Gasteiger partial charge is 0.397 e. The molecule has 0 saturated heterocycles. The van der Waals surface area contributed by atoms with E-state index >= 15 is 0 Å². The van der Waals surface area contributed by atoms with Crippen molar-refractivity contribution in [3.8, 4) is 0 Å². The minimum atomic E-state index is -3.70. The first-order valence-corrected chi connectivity index (χ1v) is 7.86. The number of anilines is 1. The molecule has 0 unspecified atom stereocenters. The molecule has 0 atom stereocenters. The number of aliphatic hydroxyl groups is 1. The summed E-state index contributed by atoms with van der Waals surface area (Å²) in [4.78, 5) is 0.0756. The second-order valence-electron chi connectivity index (χ2n) is 5.04. The van der Waals surface area contributed by atoms with Gasteiger partial charge in [-0.2, -0.15) is 0 Å². The van der Waals surface area contributed by atoms with E-state index in [1.54, 1.807) is 6.92 Å². The molecule has 0 heterocycles. The molecule has 7 heteroatoms. The number of benzene rings is 1. The van der Waals surface area contributed by atoms with Gasteiger partial charge in [0.2, 0.25) is 10.0 Å². The minimum Gasteiger partial charge on any atom is -0.397 e. The number of halogens is 1. The van der Waals surface area contributed by atoms with E-state index in [-0.39, 0.29) is 17.2 Å². The quantitative estimate of drug-likeness (QED) is 0.734. The molecule has 106 valence electrons. The van der Waals surface area contributed by atoms with Crippen LogP contribution in [0.3, 0.4) is 0 Å². The van der Waals surface area contributed by atoms with Crippen LogP contribution in [0.4, 0.5) is 5.69 Å². The molecule has 1 saturated carbocycles. The maximum absolute atomic E-state index is 12.3. The fourth-order valence-electron chi connectivity index (χ4n) is 2.16. The first kappa shape index (κ1) is 14.6. The van der Waals surface area contributed by atoms with Crippen LogP contribution in [0.5, 0.6) is 0 Å². The monoisotopic (exact) mass is 304 g/mol. The number of sulfonamides is 1. The first-order valence-electron chi connectivity index (χ1n) is 6.00. The highest BCUT2D eigenvalue weighted by atomic mass is 35.5. The maximum Gasteiger partial charge on any atom is 0.241 e. The van der Waals surface area contributed by atoms with Crippen LogP contribution in [0.25, 0.3) is 0 Å². The molecular formula is C12H17ClN2O3S. The molecule has 1 aromatic carbocycles. The molecule has 1 fully saturated rings. The molecule has 1 aliphatic rings. The Morgan fingerprint density at radius 3 is 2.53 bits per heavy atom. The average molecular weight is 305 g/mol. The smallest absolute Gasteiger partial charge is 0.241 e. The zero-order valence-electron chi connectivity index (χ0n) is 10.6. The second kappa shape index (κ2) is 4.94. The van der Waals surface area contributed by atoms with Crippen molar-refractivity contribution in [3.05, 3.63) is 22.7 Å². The molecule has 1 aromatic rings. The van der Waals surface area contributed by atoms with Gasteiger partial charge in [0.05, 0.1) is 27.8 Å². The van der Waals surface area contributed by atoms with Gasteiger partial charge in [0.1, 0.15) is 0 Å². The molecule has 0 radical (unpaired) electrons. The summed E-state index contributed by atoms with van der Waals surface area (Å²) in [5.41, 5.74) is 5.80. The van der Waals surface area contributed by atoms with Crippen LogP contribution < -0.4 is 10.5 Å². The lowest BCUT2D eigenvalue weighted by Crippen LogP contribution is -2.55. The van der Waals surface area contributed by atoms with Crippen LogP contribution in [0.1, 0.15) is 24.8 Å². The highest BCUT2D eigenvalue weighted by Crippen LogP contribution is 2.34. The van der Waals surface area contributed by atoms with E-state index in [1.807, 2.05) is 0 Å². The molecular weight excluding hydrogens is 288 g/mol. The highest BCUT2D eigenvalue weighted by Gasteiger charge is 2.40. The lowest BCUT2D eigenvalue weighted by atomic mass is 9.78. The molecule has 2 rings (SSSR count). The Bertz CT molecular complexity index is 568. The van der Waals surface area contributed by atoms with E-state index in [1.165, 1.54) is 12.1 Å². The summed E-state index contributed by atoms with van der Waals surface area (Å²) >= 11 is 5.92.